The van der Waals surface area contributed by atoms with Gasteiger partial charge < -0.3 is 9.15 Å². The Kier molecular flexibility index (Phi) is 7.40. The van der Waals surface area contributed by atoms with Gasteiger partial charge in [-0.15, -0.1) is 0 Å². The van der Waals surface area contributed by atoms with Crippen molar-refractivity contribution >= 4 is 31.9 Å². The highest BCUT2D eigenvalue weighted by molar-refractivity contribution is 9.10. The molecule has 1 fully saturated rings. The fourth-order valence-corrected chi connectivity index (χ4v) is 5.23. The highest BCUT2D eigenvalue weighted by Crippen LogP contribution is 2.38. The van der Waals surface area contributed by atoms with E-state index in [0.29, 0.717) is 34.7 Å². The molecule has 204 valence electrons. The smallest absolute Gasteiger partial charge is 0.360 e. The number of carbonyl (C=O) groups is 1. The third-order valence-electron chi connectivity index (χ3n) is 6.30. The first-order valence-corrected chi connectivity index (χ1v) is 14.4. The molecule has 0 amide bonds. The van der Waals surface area contributed by atoms with Gasteiger partial charge in [0.2, 0.25) is 10.0 Å². The first-order valence-electron chi connectivity index (χ1n) is 12.1. The Hall–Kier alpha value is -3.42. The van der Waals surface area contributed by atoms with E-state index < -0.39 is 32.5 Å². The van der Waals surface area contributed by atoms with Crippen LogP contribution in [0.15, 0.2) is 56.4 Å². The van der Waals surface area contributed by atoms with Crippen LogP contribution in [0, 0.1) is 17.6 Å². The summed E-state index contributed by atoms with van der Waals surface area (Å²) in [6.45, 7) is 1.85. The minimum atomic E-state index is -4.23. The van der Waals surface area contributed by atoms with E-state index in [9.17, 15) is 22.0 Å². The average molecular weight is 621 g/mol. The number of ether oxygens (including phenoxy) is 1. The number of benzene rings is 2. The quantitative estimate of drug-likeness (QED) is 0.262. The number of rotatable bonds is 9. The van der Waals surface area contributed by atoms with Crippen molar-refractivity contribution in [3.63, 3.8) is 0 Å². The molecule has 2 N–H and O–H groups in total. The molecule has 13 heteroatoms. The van der Waals surface area contributed by atoms with Gasteiger partial charge in [-0.2, -0.15) is 14.8 Å². The number of nitrogens with two attached hydrogens (primary N) is 1. The Balaban J connectivity index is 1.66. The van der Waals surface area contributed by atoms with Crippen LogP contribution >= 0.6 is 15.9 Å². The Bertz CT molecular complexity index is 1680. The highest BCUT2D eigenvalue weighted by atomic mass is 79.9. The summed E-state index contributed by atoms with van der Waals surface area (Å²) in [4.78, 5) is 15.9. The zero-order valence-electron chi connectivity index (χ0n) is 20.7. The average Bonchev–Trinajstić information content (AvgIpc) is 3.43. The fourth-order valence-electron chi connectivity index (χ4n) is 4.26. The minimum absolute atomic E-state index is 0.0204. The molecule has 1 aliphatic carbocycles. The summed E-state index contributed by atoms with van der Waals surface area (Å²) in [5, 5.41) is 9.87. The molecule has 0 bridgehead atoms. The van der Waals surface area contributed by atoms with Crippen molar-refractivity contribution in [3.8, 4) is 17.3 Å². The van der Waals surface area contributed by atoms with E-state index in [1.165, 1.54) is 23.1 Å². The normalized spacial score (nSPS) is 13.6. The van der Waals surface area contributed by atoms with Gasteiger partial charge in [-0.1, -0.05) is 6.07 Å². The van der Waals surface area contributed by atoms with Crippen LogP contribution in [0.3, 0.4) is 0 Å². The molecule has 0 saturated heterocycles. The van der Waals surface area contributed by atoms with Gasteiger partial charge in [-0.25, -0.2) is 27.1 Å². The summed E-state index contributed by atoms with van der Waals surface area (Å²) in [5.74, 6) is -1.68. The van der Waals surface area contributed by atoms with Crippen LogP contribution in [0.2, 0.25) is 0 Å². The Morgan fingerprint density at radius 2 is 1.97 bits per heavy atom. The number of oxazole rings is 1. The Labute approximate surface area is 231 Å². The number of carbonyl (C=O) groups excluding carboxylic acids is 1. The van der Waals surface area contributed by atoms with Crippen LogP contribution < -0.4 is 5.14 Å². The van der Waals surface area contributed by atoms with Gasteiger partial charge in [0.05, 0.1) is 22.5 Å². The molecule has 0 spiro atoms. The summed E-state index contributed by atoms with van der Waals surface area (Å²) in [7, 11) is -4.23. The second-order valence-electron chi connectivity index (χ2n) is 9.18. The highest BCUT2D eigenvalue weighted by Gasteiger charge is 2.30. The number of sulfonamides is 1. The lowest BCUT2D eigenvalue weighted by atomic mass is 9.97. The van der Waals surface area contributed by atoms with E-state index in [1.807, 2.05) is 0 Å². The number of halogens is 3. The van der Waals surface area contributed by atoms with Crippen molar-refractivity contribution in [1.82, 2.24) is 14.8 Å². The minimum Gasteiger partial charge on any atom is -0.461 e. The van der Waals surface area contributed by atoms with E-state index in [0.717, 1.165) is 30.7 Å². The first-order chi connectivity index (χ1) is 18.5. The van der Waals surface area contributed by atoms with Gasteiger partial charge in [0, 0.05) is 17.5 Å². The third kappa shape index (κ3) is 5.80. The molecule has 2 heterocycles. The maximum Gasteiger partial charge on any atom is 0.360 e. The number of esters is 1. The van der Waals surface area contributed by atoms with E-state index >= 15 is 0 Å². The Morgan fingerprint density at radius 1 is 1.21 bits per heavy atom. The van der Waals surface area contributed by atoms with Crippen molar-refractivity contribution in [3.05, 3.63) is 81.3 Å². The van der Waals surface area contributed by atoms with Gasteiger partial charge in [-0.05, 0) is 83.9 Å². The molecule has 9 nitrogen and oxygen atoms in total. The Morgan fingerprint density at radius 3 is 2.62 bits per heavy atom. The second-order valence-corrected chi connectivity index (χ2v) is 11.6. The molecular weight excluding hydrogens is 598 g/mol. The lowest BCUT2D eigenvalue weighted by Gasteiger charge is -2.10. The zero-order chi connectivity index (χ0) is 27.9. The molecule has 2 aromatic heterocycles. The molecule has 5 rings (SSSR count). The summed E-state index contributed by atoms with van der Waals surface area (Å²) in [5.41, 5.74) is 2.91. The maximum atomic E-state index is 14.7. The van der Waals surface area contributed by atoms with Crippen molar-refractivity contribution < 1.29 is 31.1 Å². The molecule has 4 aromatic rings. The van der Waals surface area contributed by atoms with Gasteiger partial charge >= 0.3 is 12.0 Å². The summed E-state index contributed by atoms with van der Waals surface area (Å²) < 4.78 is 64.5. The van der Waals surface area contributed by atoms with Crippen molar-refractivity contribution in [2.45, 2.75) is 37.5 Å². The lowest BCUT2D eigenvalue weighted by Crippen LogP contribution is -2.14. The molecule has 1 aliphatic rings. The lowest BCUT2D eigenvalue weighted by molar-refractivity contribution is 0.0519. The molecule has 39 heavy (non-hydrogen) atoms. The number of hydrogen-bond donors (Lipinski definition) is 1. The number of aromatic nitrogens is 3. The number of nitrogens with zero attached hydrogens (tertiary/aromatic N) is 3. The number of hydrogen-bond acceptors (Lipinski definition) is 7. The van der Waals surface area contributed by atoms with Crippen molar-refractivity contribution in [1.29, 1.82) is 0 Å². The predicted octanol–water partition coefficient (Wildman–Crippen LogP) is 4.94. The maximum absolute atomic E-state index is 14.7. The molecule has 0 atom stereocenters. The zero-order valence-corrected chi connectivity index (χ0v) is 23.1. The monoisotopic (exact) mass is 620 g/mol. The van der Waals surface area contributed by atoms with Crippen LogP contribution in [0.25, 0.3) is 17.3 Å². The van der Waals surface area contributed by atoms with E-state index in [2.05, 4.69) is 20.9 Å². The van der Waals surface area contributed by atoms with Crippen LogP contribution in [0.5, 0.6) is 0 Å². The van der Waals surface area contributed by atoms with Gasteiger partial charge in [0.1, 0.15) is 22.8 Å². The predicted molar refractivity (Wildman–Crippen MR) is 140 cm³/mol. The molecule has 0 radical (unpaired) electrons. The van der Waals surface area contributed by atoms with Gasteiger partial charge in [0.25, 0.3) is 0 Å². The molecule has 1 saturated carbocycles. The van der Waals surface area contributed by atoms with Gasteiger partial charge in [0.15, 0.2) is 5.69 Å². The standard InChI is InChI=1S/C26H23BrF2N4O5S/c1-2-37-25(34)21-13-38-26(31-21)33-22(11-14-3-4-14)17(24(32-33)16-6-7-19(28)18(27)12-16)9-15-5-8-23(20(29)10-15)39(30,35)36/h5-8,10,12-14H,2-4,9,11H2,1H3,(H2,30,35,36). The van der Waals surface area contributed by atoms with Crippen LogP contribution in [-0.2, 0) is 27.6 Å². The van der Waals surface area contributed by atoms with E-state index in [-0.39, 0.29) is 29.2 Å². The van der Waals surface area contributed by atoms with Crippen molar-refractivity contribution in [2.75, 3.05) is 6.61 Å². The summed E-state index contributed by atoms with van der Waals surface area (Å²) in [6.07, 6.45) is 3.98. The summed E-state index contributed by atoms with van der Waals surface area (Å²) >= 11 is 3.22. The van der Waals surface area contributed by atoms with Gasteiger partial charge in [-0.3, -0.25) is 0 Å². The second kappa shape index (κ2) is 10.6. The topological polar surface area (TPSA) is 130 Å². The molecule has 0 unspecified atom stereocenters. The third-order valence-corrected chi connectivity index (χ3v) is 7.86. The largest absolute Gasteiger partial charge is 0.461 e. The molecule has 2 aromatic carbocycles. The van der Waals surface area contributed by atoms with Crippen LogP contribution in [-0.4, -0.2) is 35.8 Å². The molecular formula is C26H23BrF2N4O5S. The number of primary sulfonamides is 1. The van der Waals surface area contributed by atoms with E-state index in [4.69, 9.17) is 19.4 Å². The first kappa shape index (κ1) is 27.2. The SMILES string of the molecule is CCOC(=O)c1coc(-n2nc(-c3ccc(F)c(Br)c3)c(Cc3ccc(S(N)(=O)=O)c(F)c3)c2CC2CC2)n1. The summed E-state index contributed by atoms with van der Waals surface area (Å²) in [6, 6.07) is 8.21. The van der Waals surface area contributed by atoms with E-state index in [1.54, 1.807) is 19.1 Å². The fraction of sp³-hybridized carbons (Fsp3) is 0.269. The van der Waals surface area contributed by atoms with Crippen LogP contribution in [0.1, 0.15) is 47.1 Å². The molecule has 0 aliphatic heterocycles. The van der Waals surface area contributed by atoms with Crippen molar-refractivity contribution in [2.24, 2.45) is 11.1 Å². The van der Waals surface area contributed by atoms with Crippen LogP contribution in [0.4, 0.5) is 8.78 Å².